The number of anilines is 1. The highest BCUT2D eigenvalue weighted by molar-refractivity contribution is 6.07. The number of amides is 2. The highest BCUT2D eigenvalue weighted by Crippen LogP contribution is 2.47. The molecule has 3 aromatic rings. The second-order valence-electron chi connectivity index (χ2n) is 9.88. The fraction of sp³-hybridized carbons (Fsp3) is 0.379. The van der Waals surface area contributed by atoms with E-state index in [9.17, 15) is 9.59 Å². The Labute approximate surface area is 205 Å². The number of methoxy groups -OCH3 is 1. The minimum absolute atomic E-state index is 0.0629. The number of para-hydroxylation sites is 1. The number of ether oxygens (including phenoxy) is 1. The van der Waals surface area contributed by atoms with E-state index in [4.69, 9.17) is 4.74 Å². The first-order valence-electron chi connectivity index (χ1n) is 12.6. The average Bonchev–Trinajstić information content (AvgIpc) is 3.41. The lowest BCUT2D eigenvalue weighted by Gasteiger charge is -2.40. The summed E-state index contributed by atoms with van der Waals surface area (Å²) in [4.78, 5) is 30.2. The van der Waals surface area contributed by atoms with Crippen molar-refractivity contribution >= 4 is 28.3 Å². The minimum Gasteiger partial charge on any atom is -0.496 e. The molecule has 0 aromatic heterocycles. The number of rotatable bonds is 5. The Morgan fingerprint density at radius 3 is 2.63 bits per heavy atom. The van der Waals surface area contributed by atoms with Crippen LogP contribution in [0, 0.1) is 0 Å². The molecule has 0 saturated carbocycles. The van der Waals surface area contributed by atoms with Gasteiger partial charge in [-0.2, -0.15) is 0 Å². The van der Waals surface area contributed by atoms with E-state index in [0.717, 1.165) is 49.4 Å². The number of likely N-dealkylation sites (tertiary alicyclic amines) is 1. The Bertz CT molecular complexity index is 1310. The maximum absolute atomic E-state index is 13.5. The van der Waals surface area contributed by atoms with Crippen molar-refractivity contribution in [2.75, 3.05) is 32.1 Å². The zero-order chi connectivity index (χ0) is 24.1. The molecule has 6 nitrogen and oxygen atoms in total. The molecule has 0 radical (unpaired) electrons. The molecule has 3 aliphatic rings. The molecule has 2 aliphatic heterocycles. The largest absolute Gasteiger partial charge is 0.496 e. The van der Waals surface area contributed by atoms with Gasteiger partial charge in [0.15, 0.2) is 0 Å². The number of fused-ring (bicyclic) bond motifs is 1. The zero-order valence-corrected chi connectivity index (χ0v) is 20.3. The van der Waals surface area contributed by atoms with Crippen molar-refractivity contribution < 1.29 is 14.3 Å². The summed E-state index contributed by atoms with van der Waals surface area (Å²) in [5, 5.41) is 5.30. The third-order valence-electron chi connectivity index (χ3n) is 8.18. The van der Waals surface area contributed by atoms with Gasteiger partial charge in [0.05, 0.1) is 13.0 Å². The van der Waals surface area contributed by atoms with Gasteiger partial charge in [-0.3, -0.25) is 14.5 Å². The summed E-state index contributed by atoms with van der Waals surface area (Å²) in [6, 6.07) is 19.2. The predicted molar refractivity (Wildman–Crippen MR) is 137 cm³/mol. The van der Waals surface area contributed by atoms with Gasteiger partial charge in [0.25, 0.3) is 0 Å². The van der Waals surface area contributed by atoms with Gasteiger partial charge >= 0.3 is 0 Å². The number of nitrogens with zero attached hydrogens (tertiary/aromatic N) is 2. The van der Waals surface area contributed by atoms with E-state index in [1.165, 1.54) is 21.9 Å². The van der Waals surface area contributed by atoms with Crippen molar-refractivity contribution in [3.63, 3.8) is 0 Å². The summed E-state index contributed by atoms with van der Waals surface area (Å²) in [5.41, 5.74) is 4.66. The Hall–Kier alpha value is -3.38. The first kappa shape index (κ1) is 22.1. The third-order valence-corrected chi connectivity index (χ3v) is 8.18. The molecule has 0 bridgehead atoms. The Morgan fingerprint density at radius 2 is 1.86 bits per heavy atom. The van der Waals surface area contributed by atoms with Gasteiger partial charge < -0.3 is 15.0 Å². The molecule has 2 heterocycles. The van der Waals surface area contributed by atoms with Crippen LogP contribution in [0.15, 0.2) is 54.6 Å². The van der Waals surface area contributed by atoms with Crippen LogP contribution in [-0.4, -0.2) is 50.0 Å². The monoisotopic (exact) mass is 469 g/mol. The Balaban J connectivity index is 1.23. The fourth-order valence-corrected chi connectivity index (χ4v) is 6.51. The van der Waals surface area contributed by atoms with Crippen molar-refractivity contribution in [3.8, 4) is 5.75 Å². The molecule has 3 aromatic carbocycles. The van der Waals surface area contributed by atoms with Crippen LogP contribution in [-0.2, 0) is 16.0 Å². The lowest BCUT2D eigenvalue weighted by molar-refractivity contribution is -0.126. The van der Waals surface area contributed by atoms with E-state index in [0.29, 0.717) is 6.04 Å². The summed E-state index contributed by atoms with van der Waals surface area (Å²) < 4.78 is 5.79. The number of carbonyl (C=O) groups is 2. The molecule has 2 amide bonds. The number of piperidine rings is 1. The van der Waals surface area contributed by atoms with Crippen molar-refractivity contribution in [2.45, 2.75) is 43.7 Å². The van der Waals surface area contributed by atoms with Gasteiger partial charge in [0.2, 0.25) is 11.8 Å². The van der Waals surface area contributed by atoms with Crippen molar-refractivity contribution in [3.05, 3.63) is 71.3 Å². The fourth-order valence-electron chi connectivity index (χ4n) is 6.51. The van der Waals surface area contributed by atoms with Crippen LogP contribution in [0.25, 0.3) is 10.8 Å². The van der Waals surface area contributed by atoms with Crippen molar-refractivity contribution in [1.29, 1.82) is 0 Å². The van der Waals surface area contributed by atoms with Crippen LogP contribution in [0.4, 0.5) is 5.69 Å². The highest BCUT2D eigenvalue weighted by Gasteiger charge is 2.43. The molecule has 6 heteroatoms. The molecular formula is C29H31N3O3. The number of hydrogen-bond acceptors (Lipinski definition) is 4. The summed E-state index contributed by atoms with van der Waals surface area (Å²) in [6.45, 7) is 1.85. The number of hydrogen-bond donors (Lipinski definition) is 1. The summed E-state index contributed by atoms with van der Waals surface area (Å²) >= 11 is 0. The Kier molecular flexibility index (Phi) is 5.49. The first-order chi connectivity index (χ1) is 17.1. The smallest absolute Gasteiger partial charge is 0.235 e. The summed E-state index contributed by atoms with van der Waals surface area (Å²) in [5.74, 6) is 0.539. The van der Waals surface area contributed by atoms with Crippen LogP contribution in [0.2, 0.25) is 0 Å². The van der Waals surface area contributed by atoms with Gasteiger partial charge in [0, 0.05) is 49.9 Å². The van der Waals surface area contributed by atoms with Gasteiger partial charge in [-0.1, -0.05) is 42.5 Å². The zero-order valence-electron chi connectivity index (χ0n) is 20.3. The molecule has 180 valence electrons. The van der Waals surface area contributed by atoms with Gasteiger partial charge in [-0.15, -0.1) is 0 Å². The summed E-state index contributed by atoms with van der Waals surface area (Å²) in [7, 11) is 3.38. The second-order valence-corrected chi connectivity index (χ2v) is 9.88. The van der Waals surface area contributed by atoms with Crippen molar-refractivity contribution in [1.82, 2.24) is 10.2 Å². The van der Waals surface area contributed by atoms with Crippen LogP contribution < -0.4 is 15.0 Å². The number of benzene rings is 3. The lowest BCUT2D eigenvalue weighted by Crippen LogP contribution is -2.47. The number of nitrogens with one attached hydrogen (secondary N) is 1. The van der Waals surface area contributed by atoms with Crippen molar-refractivity contribution in [2.24, 2.45) is 0 Å². The van der Waals surface area contributed by atoms with E-state index in [-0.39, 0.29) is 24.3 Å². The molecule has 6 rings (SSSR count). The standard InChI is InChI=1S/C29H31N3O3/c1-30-26(33)17-22-21-8-3-4-9-23(21)32(29(22)34)20-12-14-31(15-13-20)24-16-19-7-5-6-18-10-11-25(35-2)28(24)27(18)19/h3-11,20,22,24H,12-17H2,1-2H3,(H,30,33). The van der Waals surface area contributed by atoms with E-state index >= 15 is 0 Å². The molecule has 1 N–H and O–H groups in total. The van der Waals surface area contributed by atoms with E-state index in [1.807, 2.05) is 29.2 Å². The highest BCUT2D eigenvalue weighted by atomic mass is 16.5. The quantitative estimate of drug-likeness (QED) is 0.609. The van der Waals surface area contributed by atoms with Gasteiger partial charge in [0.1, 0.15) is 5.75 Å². The van der Waals surface area contributed by atoms with Gasteiger partial charge in [-0.25, -0.2) is 0 Å². The maximum Gasteiger partial charge on any atom is 0.235 e. The van der Waals surface area contributed by atoms with E-state index in [1.54, 1.807) is 14.2 Å². The van der Waals surface area contributed by atoms with E-state index in [2.05, 4.69) is 40.5 Å². The minimum atomic E-state index is -0.393. The SMILES string of the molecule is CNC(=O)CC1C(=O)N(C2CCN(C3Cc4cccc5ccc(OC)c3c45)CC2)c2ccccc21. The molecule has 35 heavy (non-hydrogen) atoms. The van der Waals surface area contributed by atoms with Crippen LogP contribution in [0.3, 0.4) is 0 Å². The molecule has 1 aliphatic carbocycles. The number of carbonyl (C=O) groups excluding carboxylic acids is 2. The first-order valence-corrected chi connectivity index (χ1v) is 12.6. The topological polar surface area (TPSA) is 61.9 Å². The summed E-state index contributed by atoms with van der Waals surface area (Å²) in [6.07, 6.45) is 3.03. The molecule has 0 spiro atoms. The third kappa shape index (κ3) is 3.50. The molecular weight excluding hydrogens is 438 g/mol. The van der Waals surface area contributed by atoms with E-state index < -0.39 is 5.92 Å². The van der Waals surface area contributed by atoms with Crippen LogP contribution in [0.5, 0.6) is 5.75 Å². The maximum atomic E-state index is 13.5. The molecule has 1 saturated heterocycles. The van der Waals surface area contributed by atoms with Gasteiger partial charge in [-0.05, 0) is 53.3 Å². The second kappa shape index (κ2) is 8.68. The van der Waals surface area contributed by atoms with Crippen LogP contribution >= 0.6 is 0 Å². The molecule has 1 fully saturated rings. The predicted octanol–water partition coefficient (Wildman–Crippen LogP) is 4.18. The average molecular weight is 470 g/mol. The molecule has 2 atom stereocenters. The Morgan fingerprint density at radius 1 is 1.06 bits per heavy atom. The normalized spacial score (nSPS) is 22.0. The lowest BCUT2D eigenvalue weighted by atomic mass is 9.97. The van der Waals surface area contributed by atoms with Crippen LogP contribution in [0.1, 0.15) is 47.9 Å². The molecule has 2 unspecified atom stereocenters.